The fourth-order valence-electron chi connectivity index (χ4n) is 3.47. The molecule has 0 aromatic carbocycles. The van der Waals surface area contributed by atoms with Crippen LogP contribution in [0.15, 0.2) is 0 Å². The summed E-state index contributed by atoms with van der Waals surface area (Å²) in [5.41, 5.74) is 8.20. The molecule has 0 radical (unpaired) electrons. The van der Waals surface area contributed by atoms with Crippen molar-refractivity contribution in [2.45, 2.75) is 72.8 Å². The van der Waals surface area contributed by atoms with Crippen LogP contribution in [0.2, 0.25) is 0 Å². The Bertz CT molecular complexity index is 436. The van der Waals surface area contributed by atoms with E-state index in [0.29, 0.717) is 11.3 Å². The van der Waals surface area contributed by atoms with Crippen molar-refractivity contribution < 1.29 is 0 Å². The fraction of sp³-hybridized carbons (Fsp3) is 0.824. The molecule has 0 bridgehead atoms. The van der Waals surface area contributed by atoms with Crippen LogP contribution in [0.25, 0.3) is 0 Å². The summed E-state index contributed by atoms with van der Waals surface area (Å²) in [5.74, 6) is 1.49. The third-order valence-electron chi connectivity index (χ3n) is 5.03. The van der Waals surface area contributed by atoms with Crippen molar-refractivity contribution in [1.82, 2.24) is 4.98 Å². The Balaban J connectivity index is 1.99. The summed E-state index contributed by atoms with van der Waals surface area (Å²) in [6.07, 6.45) is 6.21. The average Bonchev–Trinajstić information content (AvgIpc) is 2.78. The van der Waals surface area contributed by atoms with E-state index in [0.717, 1.165) is 12.3 Å². The molecule has 20 heavy (non-hydrogen) atoms. The number of hydrogen-bond acceptors (Lipinski definition) is 3. The first kappa shape index (κ1) is 16.0. The van der Waals surface area contributed by atoms with Gasteiger partial charge < -0.3 is 5.73 Å². The second-order valence-electron chi connectivity index (χ2n) is 7.41. The largest absolute Gasteiger partial charge is 0.322 e. The first-order valence-corrected chi connectivity index (χ1v) is 8.86. The minimum absolute atomic E-state index is 0.153. The molecule has 1 saturated carbocycles. The molecule has 3 heteroatoms. The molecule has 1 heterocycles. The Morgan fingerprint density at radius 1 is 1.25 bits per heavy atom. The third-order valence-corrected chi connectivity index (χ3v) is 6.15. The van der Waals surface area contributed by atoms with Crippen LogP contribution in [0, 0.1) is 24.2 Å². The van der Waals surface area contributed by atoms with E-state index in [9.17, 15) is 0 Å². The maximum Gasteiger partial charge on any atom is 0.110 e. The van der Waals surface area contributed by atoms with Gasteiger partial charge in [-0.1, -0.05) is 27.7 Å². The summed E-state index contributed by atoms with van der Waals surface area (Å²) in [6, 6.07) is 0.153. The highest BCUT2D eigenvalue weighted by atomic mass is 32.1. The van der Waals surface area contributed by atoms with Crippen LogP contribution < -0.4 is 5.73 Å². The van der Waals surface area contributed by atoms with E-state index >= 15 is 0 Å². The zero-order valence-corrected chi connectivity index (χ0v) is 14.5. The molecule has 1 aliphatic rings. The number of nitrogens with two attached hydrogens (primary N) is 1. The SMILES string of the molecule is CCc1nc(C(N)C2CCC(C(C)(C)C)CC2)sc1C. The molecule has 0 aliphatic heterocycles. The Labute approximate surface area is 128 Å². The number of thiazole rings is 1. The van der Waals surface area contributed by atoms with Gasteiger partial charge in [-0.3, -0.25) is 0 Å². The highest BCUT2D eigenvalue weighted by Crippen LogP contribution is 2.43. The number of aromatic nitrogens is 1. The van der Waals surface area contributed by atoms with Crippen LogP contribution in [0.3, 0.4) is 0 Å². The number of hydrogen-bond donors (Lipinski definition) is 1. The molecular weight excluding hydrogens is 264 g/mol. The number of aryl methyl sites for hydroxylation is 2. The van der Waals surface area contributed by atoms with E-state index in [-0.39, 0.29) is 6.04 Å². The predicted octanol–water partition coefficient (Wildman–Crippen LogP) is 4.87. The summed E-state index contributed by atoms with van der Waals surface area (Å²) in [6.45, 7) is 11.5. The molecule has 1 aromatic rings. The molecule has 1 atom stereocenters. The van der Waals surface area contributed by atoms with Gasteiger partial charge in [0.25, 0.3) is 0 Å². The van der Waals surface area contributed by atoms with Crippen LogP contribution >= 0.6 is 11.3 Å². The Morgan fingerprint density at radius 2 is 1.85 bits per heavy atom. The molecule has 2 N–H and O–H groups in total. The van der Waals surface area contributed by atoms with Gasteiger partial charge in [0.2, 0.25) is 0 Å². The standard InChI is InChI=1S/C17H30N2S/c1-6-14-11(2)20-16(19-14)15(18)12-7-9-13(10-8-12)17(3,4)5/h12-13,15H,6-10,18H2,1-5H3. The van der Waals surface area contributed by atoms with Crippen LogP contribution in [-0.2, 0) is 6.42 Å². The van der Waals surface area contributed by atoms with E-state index in [1.807, 2.05) is 11.3 Å². The summed E-state index contributed by atoms with van der Waals surface area (Å²) >= 11 is 1.81. The van der Waals surface area contributed by atoms with Gasteiger partial charge in [0.05, 0.1) is 11.7 Å². The molecule has 1 fully saturated rings. The Hall–Kier alpha value is -0.410. The molecule has 0 spiro atoms. The molecule has 2 nitrogen and oxygen atoms in total. The lowest BCUT2D eigenvalue weighted by Crippen LogP contribution is -2.30. The fourth-order valence-corrected chi connectivity index (χ4v) is 4.57. The minimum atomic E-state index is 0.153. The molecule has 2 rings (SSSR count). The van der Waals surface area contributed by atoms with Crippen LogP contribution in [0.1, 0.15) is 75.0 Å². The van der Waals surface area contributed by atoms with E-state index in [2.05, 4.69) is 34.6 Å². The Morgan fingerprint density at radius 3 is 2.30 bits per heavy atom. The first-order valence-electron chi connectivity index (χ1n) is 8.04. The molecule has 1 aliphatic carbocycles. The topological polar surface area (TPSA) is 38.9 Å². The molecule has 114 valence electrons. The van der Waals surface area contributed by atoms with Crippen molar-refractivity contribution in [3.63, 3.8) is 0 Å². The minimum Gasteiger partial charge on any atom is -0.322 e. The van der Waals surface area contributed by atoms with Gasteiger partial charge in [-0.15, -0.1) is 11.3 Å². The maximum absolute atomic E-state index is 6.51. The second kappa shape index (κ2) is 6.15. The van der Waals surface area contributed by atoms with Gasteiger partial charge in [0, 0.05) is 4.88 Å². The predicted molar refractivity (Wildman–Crippen MR) is 88.1 cm³/mol. The maximum atomic E-state index is 6.51. The van der Waals surface area contributed by atoms with Crippen LogP contribution in [0.5, 0.6) is 0 Å². The summed E-state index contributed by atoms with van der Waals surface area (Å²) in [7, 11) is 0. The van der Waals surface area contributed by atoms with Crippen molar-refractivity contribution in [1.29, 1.82) is 0 Å². The lowest BCUT2D eigenvalue weighted by atomic mass is 9.68. The molecule has 1 aromatic heterocycles. The van der Waals surface area contributed by atoms with Crippen LogP contribution in [0.4, 0.5) is 0 Å². The van der Waals surface area contributed by atoms with Gasteiger partial charge in [-0.25, -0.2) is 4.98 Å². The number of nitrogens with zero attached hydrogens (tertiary/aromatic N) is 1. The van der Waals surface area contributed by atoms with Gasteiger partial charge >= 0.3 is 0 Å². The zero-order chi connectivity index (χ0) is 14.9. The second-order valence-corrected chi connectivity index (χ2v) is 8.65. The van der Waals surface area contributed by atoms with E-state index < -0.39 is 0 Å². The normalized spacial score (nSPS) is 25.7. The smallest absolute Gasteiger partial charge is 0.110 e. The van der Waals surface area contributed by atoms with Crippen molar-refractivity contribution >= 4 is 11.3 Å². The third kappa shape index (κ3) is 3.43. The van der Waals surface area contributed by atoms with Crippen molar-refractivity contribution in [3.8, 4) is 0 Å². The Kier molecular flexibility index (Phi) is 4.91. The van der Waals surface area contributed by atoms with Gasteiger partial charge in [-0.05, 0) is 56.3 Å². The van der Waals surface area contributed by atoms with Crippen molar-refractivity contribution in [3.05, 3.63) is 15.6 Å². The van der Waals surface area contributed by atoms with Crippen molar-refractivity contribution in [2.24, 2.45) is 23.0 Å². The molecule has 0 amide bonds. The first-order chi connectivity index (χ1) is 9.32. The molecule has 1 unspecified atom stereocenters. The monoisotopic (exact) mass is 294 g/mol. The van der Waals surface area contributed by atoms with Crippen molar-refractivity contribution in [2.75, 3.05) is 0 Å². The highest BCUT2D eigenvalue weighted by Gasteiger charge is 2.33. The summed E-state index contributed by atoms with van der Waals surface area (Å²) in [4.78, 5) is 6.11. The molecule has 0 saturated heterocycles. The summed E-state index contributed by atoms with van der Waals surface area (Å²) in [5, 5.41) is 1.17. The van der Waals surface area contributed by atoms with E-state index in [1.54, 1.807) is 0 Å². The van der Waals surface area contributed by atoms with Gasteiger partial charge in [0.15, 0.2) is 0 Å². The van der Waals surface area contributed by atoms with E-state index in [1.165, 1.54) is 41.3 Å². The van der Waals surface area contributed by atoms with Gasteiger partial charge in [0.1, 0.15) is 5.01 Å². The number of rotatable bonds is 3. The molecular formula is C17H30N2S. The quantitative estimate of drug-likeness (QED) is 0.864. The lowest BCUT2D eigenvalue weighted by molar-refractivity contribution is 0.139. The van der Waals surface area contributed by atoms with E-state index in [4.69, 9.17) is 10.7 Å². The zero-order valence-electron chi connectivity index (χ0n) is 13.7. The average molecular weight is 295 g/mol. The van der Waals surface area contributed by atoms with Crippen LogP contribution in [-0.4, -0.2) is 4.98 Å². The highest BCUT2D eigenvalue weighted by molar-refractivity contribution is 7.11. The summed E-state index contributed by atoms with van der Waals surface area (Å²) < 4.78 is 0. The lowest BCUT2D eigenvalue weighted by Gasteiger charge is -2.38. The van der Waals surface area contributed by atoms with Gasteiger partial charge in [-0.2, -0.15) is 0 Å².